The van der Waals surface area contributed by atoms with Crippen molar-refractivity contribution in [2.24, 2.45) is 5.41 Å². The highest BCUT2D eigenvalue weighted by atomic mass is 32.2. The number of hydrogen-bond donors (Lipinski definition) is 2. The second-order valence-electron chi connectivity index (χ2n) is 8.86. The van der Waals surface area contributed by atoms with Crippen LogP contribution in [-0.2, 0) is 28.9 Å². The van der Waals surface area contributed by atoms with Crippen molar-refractivity contribution in [3.05, 3.63) is 81.3 Å². The average Bonchev–Trinajstić information content (AvgIpc) is 3.16. The van der Waals surface area contributed by atoms with Crippen LogP contribution in [-0.4, -0.2) is 19.7 Å². The van der Waals surface area contributed by atoms with Crippen LogP contribution in [0.3, 0.4) is 0 Å². The number of rotatable bonds is 8. The molecule has 0 saturated heterocycles. The predicted octanol–water partition coefficient (Wildman–Crippen LogP) is 4.69. The summed E-state index contributed by atoms with van der Waals surface area (Å²) in [5, 5.41) is 6.05. The number of hydrogen-bond acceptors (Lipinski definition) is 5. The molecule has 0 aliphatic rings. The minimum atomic E-state index is -2.36. The van der Waals surface area contributed by atoms with Gasteiger partial charge < -0.3 is 14.6 Å². The van der Waals surface area contributed by atoms with Gasteiger partial charge in [-0.1, -0.05) is 62.7 Å². The van der Waals surface area contributed by atoms with E-state index < -0.39 is 16.7 Å². The van der Waals surface area contributed by atoms with Crippen molar-refractivity contribution in [1.82, 2.24) is 10.3 Å². The quantitative estimate of drug-likeness (QED) is 0.467. The second-order valence-corrected chi connectivity index (χ2v) is 10.4. The third-order valence-corrected chi connectivity index (χ3v) is 6.33. The van der Waals surface area contributed by atoms with Crippen LogP contribution in [0.4, 0.5) is 5.69 Å². The zero-order chi connectivity index (χ0) is 23.3. The van der Waals surface area contributed by atoms with E-state index in [4.69, 9.17) is 4.98 Å². The summed E-state index contributed by atoms with van der Waals surface area (Å²) >= 11 is -0.818. The van der Waals surface area contributed by atoms with Crippen LogP contribution < -0.4 is 10.0 Å². The molecule has 32 heavy (non-hydrogen) atoms. The van der Waals surface area contributed by atoms with Crippen LogP contribution in [0.15, 0.2) is 53.9 Å². The van der Waals surface area contributed by atoms with E-state index in [1.165, 1.54) is 11.1 Å². The molecule has 3 rings (SSSR count). The Bertz CT molecular complexity index is 1090. The van der Waals surface area contributed by atoms with Gasteiger partial charge in [-0.15, -0.1) is 11.3 Å². The van der Waals surface area contributed by atoms with Crippen LogP contribution in [0.5, 0.6) is 0 Å². The van der Waals surface area contributed by atoms with Gasteiger partial charge in [0, 0.05) is 34.2 Å². The molecule has 3 aromatic rings. The predicted molar refractivity (Wildman–Crippen MR) is 129 cm³/mol. The van der Waals surface area contributed by atoms with Gasteiger partial charge in [0.15, 0.2) is 0 Å². The smallest absolute Gasteiger partial charge is 0.225 e. The number of thiazole rings is 1. The van der Waals surface area contributed by atoms with Gasteiger partial charge in [-0.2, -0.15) is 0 Å². The third-order valence-electron chi connectivity index (χ3n) is 4.92. The molecule has 8 heteroatoms. The van der Waals surface area contributed by atoms with Gasteiger partial charge in [0.25, 0.3) is 0 Å². The van der Waals surface area contributed by atoms with E-state index in [9.17, 15) is 13.6 Å². The van der Waals surface area contributed by atoms with Crippen LogP contribution in [0.1, 0.15) is 54.2 Å². The van der Waals surface area contributed by atoms with Gasteiger partial charge in [-0.3, -0.25) is 9.00 Å². The molecule has 0 spiro atoms. The van der Waals surface area contributed by atoms with Crippen LogP contribution in [0.2, 0.25) is 0 Å². The molecule has 2 N–H and O–H groups in total. The maximum Gasteiger partial charge on any atom is 0.225 e. The van der Waals surface area contributed by atoms with Crippen molar-refractivity contribution in [2.75, 3.05) is 4.72 Å². The van der Waals surface area contributed by atoms with Crippen molar-refractivity contribution in [1.29, 1.82) is 0 Å². The number of amides is 1. The summed E-state index contributed by atoms with van der Waals surface area (Å²) in [6.07, 6.45) is 1.30. The van der Waals surface area contributed by atoms with E-state index in [1.54, 1.807) is 23.5 Å². The maximum atomic E-state index is 12.7. The van der Waals surface area contributed by atoms with E-state index in [0.29, 0.717) is 12.1 Å². The SMILES string of the molecule is Cc1cccc(Cc2csc([C@H](Cc3ccc(NS(=O)[O-])cc3)NC(=O)C(C)(C)C)n2)c1. The number of anilines is 1. The molecule has 0 aliphatic heterocycles. The van der Waals surface area contributed by atoms with E-state index in [0.717, 1.165) is 22.7 Å². The first-order chi connectivity index (χ1) is 15.1. The summed E-state index contributed by atoms with van der Waals surface area (Å²) in [6.45, 7) is 7.72. The van der Waals surface area contributed by atoms with Crippen molar-refractivity contribution in [3.8, 4) is 0 Å². The minimum Gasteiger partial charge on any atom is -0.755 e. The first-order valence-corrected chi connectivity index (χ1v) is 12.3. The van der Waals surface area contributed by atoms with E-state index in [2.05, 4.69) is 35.2 Å². The van der Waals surface area contributed by atoms with Gasteiger partial charge in [0.1, 0.15) is 5.01 Å². The van der Waals surface area contributed by atoms with Gasteiger partial charge >= 0.3 is 0 Å². The van der Waals surface area contributed by atoms with Crippen LogP contribution >= 0.6 is 11.3 Å². The fourth-order valence-corrected chi connectivity index (χ4v) is 4.41. The van der Waals surface area contributed by atoms with Crippen molar-refractivity contribution in [3.63, 3.8) is 0 Å². The summed E-state index contributed by atoms with van der Waals surface area (Å²) in [5.74, 6) is -0.0435. The molecule has 6 nitrogen and oxygen atoms in total. The molecule has 0 aliphatic carbocycles. The first kappa shape index (κ1) is 24.1. The molecule has 2 atom stereocenters. The normalized spacial score (nSPS) is 13.4. The lowest BCUT2D eigenvalue weighted by Crippen LogP contribution is -2.38. The van der Waals surface area contributed by atoms with Crippen molar-refractivity contribution < 1.29 is 13.6 Å². The standard InChI is InChI=1S/C24H29N3O3S2/c1-16-6-5-7-18(12-16)13-20-15-31-22(25-20)21(26-23(28)24(2,3)4)14-17-8-10-19(11-9-17)27-32(29)30/h5-12,15,21,27H,13-14H2,1-4H3,(H,26,28)(H,29,30)/p-1/t21-/m0/s1. The highest BCUT2D eigenvalue weighted by Crippen LogP contribution is 2.26. The number of nitrogens with one attached hydrogen (secondary N) is 2. The molecule has 0 radical (unpaired) electrons. The van der Waals surface area contributed by atoms with Crippen molar-refractivity contribution >= 4 is 34.2 Å². The Hall–Kier alpha value is -2.55. The summed E-state index contributed by atoms with van der Waals surface area (Å²) in [7, 11) is 0. The number of carbonyl (C=O) groups excluding carboxylic acids is 1. The zero-order valence-corrected chi connectivity index (χ0v) is 20.3. The lowest BCUT2D eigenvalue weighted by Gasteiger charge is -2.23. The van der Waals surface area contributed by atoms with Crippen LogP contribution in [0.25, 0.3) is 0 Å². The molecule has 2 aromatic carbocycles. The summed E-state index contributed by atoms with van der Waals surface area (Å²) in [5.41, 5.74) is 4.34. The van der Waals surface area contributed by atoms with E-state index in [1.807, 2.05) is 44.4 Å². The van der Waals surface area contributed by atoms with Gasteiger partial charge in [-0.05, 0) is 36.6 Å². The number of aromatic nitrogens is 1. The van der Waals surface area contributed by atoms with E-state index >= 15 is 0 Å². The highest BCUT2D eigenvalue weighted by molar-refractivity contribution is 7.80. The Balaban J connectivity index is 1.80. The van der Waals surface area contributed by atoms with Gasteiger partial charge in [-0.25, -0.2) is 4.98 Å². The van der Waals surface area contributed by atoms with E-state index in [-0.39, 0.29) is 11.9 Å². The highest BCUT2D eigenvalue weighted by Gasteiger charge is 2.26. The molecule has 0 saturated carbocycles. The zero-order valence-electron chi connectivity index (χ0n) is 18.7. The molecule has 1 unspecified atom stereocenters. The molecule has 0 fully saturated rings. The maximum absolute atomic E-state index is 12.7. The monoisotopic (exact) mass is 470 g/mol. The first-order valence-electron chi connectivity index (χ1n) is 10.4. The lowest BCUT2D eigenvalue weighted by atomic mass is 9.94. The Kier molecular flexibility index (Phi) is 7.82. The number of benzene rings is 2. The Morgan fingerprint density at radius 2 is 1.88 bits per heavy atom. The molecular weight excluding hydrogens is 442 g/mol. The summed E-state index contributed by atoms with van der Waals surface area (Å²) in [4.78, 5) is 17.6. The Labute approximate surface area is 195 Å². The summed E-state index contributed by atoms with van der Waals surface area (Å²) < 4.78 is 24.0. The average molecular weight is 471 g/mol. The molecule has 170 valence electrons. The Morgan fingerprint density at radius 3 is 2.50 bits per heavy atom. The number of nitrogens with zero attached hydrogens (tertiary/aromatic N) is 1. The second kappa shape index (κ2) is 10.4. The third kappa shape index (κ3) is 6.98. The number of carbonyl (C=O) groups is 1. The molecule has 0 bridgehead atoms. The summed E-state index contributed by atoms with van der Waals surface area (Å²) in [6, 6.07) is 15.2. The van der Waals surface area contributed by atoms with Crippen molar-refractivity contribution in [2.45, 2.75) is 46.6 Å². The van der Waals surface area contributed by atoms with Gasteiger partial charge in [0.2, 0.25) is 5.91 Å². The topological polar surface area (TPSA) is 94.1 Å². The molecule has 1 heterocycles. The van der Waals surface area contributed by atoms with Crippen LogP contribution in [0, 0.1) is 12.3 Å². The number of aryl methyl sites for hydroxylation is 1. The minimum absolute atomic E-state index is 0.0435. The molecular formula is C24H28N3O3S2-. The fourth-order valence-electron chi connectivity index (χ4n) is 3.21. The molecule has 1 amide bonds. The molecule has 1 aromatic heterocycles. The largest absolute Gasteiger partial charge is 0.755 e. The Morgan fingerprint density at radius 1 is 1.16 bits per heavy atom. The lowest BCUT2D eigenvalue weighted by molar-refractivity contribution is -0.129. The van der Waals surface area contributed by atoms with Gasteiger partial charge in [0.05, 0.1) is 11.7 Å². The fraction of sp³-hybridized carbons (Fsp3) is 0.333.